The van der Waals surface area contributed by atoms with E-state index in [-0.39, 0.29) is 18.4 Å². The quantitative estimate of drug-likeness (QED) is 0.875. The van der Waals surface area contributed by atoms with Crippen molar-refractivity contribution >= 4 is 21.6 Å². The number of carbonyl (C=O) groups is 1. The van der Waals surface area contributed by atoms with Crippen molar-refractivity contribution < 1.29 is 13.2 Å². The third-order valence-corrected chi connectivity index (χ3v) is 4.24. The van der Waals surface area contributed by atoms with Crippen LogP contribution in [-0.2, 0) is 14.8 Å². The molecule has 0 aliphatic rings. The van der Waals surface area contributed by atoms with Crippen LogP contribution in [0.25, 0.3) is 0 Å². The van der Waals surface area contributed by atoms with Crippen molar-refractivity contribution in [3.63, 3.8) is 0 Å². The molecule has 0 spiro atoms. The number of hydrogen-bond donors (Lipinski definition) is 1. The first kappa shape index (κ1) is 17.7. The molecule has 0 aliphatic carbocycles. The van der Waals surface area contributed by atoms with Gasteiger partial charge in [0.1, 0.15) is 0 Å². The van der Waals surface area contributed by atoms with E-state index < -0.39 is 10.0 Å². The molecule has 1 N–H and O–H groups in total. The summed E-state index contributed by atoms with van der Waals surface area (Å²) in [4.78, 5) is 12.1. The number of carbonyl (C=O) groups excluding carboxylic acids is 1. The van der Waals surface area contributed by atoms with E-state index in [1.54, 1.807) is 0 Å². The third-order valence-electron chi connectivity index (χ3n) is 3.02. The molecule has 1 aromatic carbocycles. The summed E-state index contributed by atoms with van der Waals surface area (Å²) in [5.74, 6) is -0.164. The zero-order chi connectivity index (χ0) is 16.2. The number of nitrogens with zero attached hydrogens (tertiary/aromatic N) is 1. The van der Waals surface area contributed by atoms with Gasteiger partial charge in [-0.1, -0.05) is 26.0 Å². The molecule has 21 heavy (non-hydrogen) atoms. The van der Waals surface area contributed by atoms with Crippen molar-refractivity contribution in [1.29, 1.82) is 0 Å². The second-order valence-corrected chi connectivity index (χ2v) is 7.80. The first-order valence-corrected chi connectivity index (χ1v) is 8.76. The van der Waals surface area contributed by atoms with Crippen LogP contribution in [0.4, 0.5) is 5.69 Å². The molecule has 0 unspecified atom stereocenters. The van der Waals surface area contributed by atoms with E-state index in [4.69, 9.17) is 0 Å². The fourth-order valence-corrected chi connectivity index (χ4v) is 2.87. The van der Waals surface area contributed by atoms with Crippen molar-refractivity contribution in [2.24, 2.45) is 5.92 Å². The maximum Gasteiger partial charge on any atom is 0.239 e. The monoisotopic (exact) mass is 312 g/mol. The molecule has 1 amide bonds. The van der Waals surface area contributed by atoms with E-state index in [9.17, 15) is 13.2 Å². The lowest BCUT2D eigenvalue weighted by Crippen LogP contribution is -2.39. The smallest absolute Gasteiger partial charge is 0.239 e. The largest absolute Gasteiger partial charge is 0.325 e. The van der Waals surface area contributed by atoms with E-state index in [1.165, 1.54) is 4.31 Å². The first-order chi connectivity index (χ1) is 9.59. The molecule has 0 saturated heterocycles. The maximum absolute atomic E-state index is 12.1. The molecule has 0 bridgehead atoms. The highest BCUT2D eigenvalue weighted by Crippen LogP contribution is 2.16. The summed E-state index contributed by atoms with van der Waals surface area (Å²) in [6.07, 6.45) is 1.13. The SMILES string of the molecule is Cc1ccc(C)c(NC(=O)CN(CC(C)C)S(C)(=O)=O)c1. The average Bonchev–Trinajstić information content (AvgIpc) is 2.31. The van der Waals surface area contributed by atoms with Gasteiger partial charge >= 0.3 is 0 Å². The second-order valence-electron chi connectivity index (χ2n) is 5.82. The van der Waals surface area contributed by atoms with Gasteiger partial charge in [-0.3, -0.25) is 4.79 Å². The van der Waals surface area contributed by atoms with Crippen LogP contribution in [0.15, 0.2) is 18.2 Å². The Labute approximate surface area is 127 Å². The lowest BCUT2D eigenvalue weighted by Gasteiger charge is -2.21. The van der Waals surface area contributed by atoms with Gasteiger partial charge in [-0.15, -0.1) is 0 Å². The Balaban J connectivity index is 2.81. The number of hydrogen-bond acceptors (Lipinski definition) is 3. The Morgan fingerprint density at radius 3 is 2.43 bits per heavy atom. The van der Waals surface area contributed by atoms with E-state index in [2.05, 4.69) is 5.32 Å². The molecule has 5 nitrogen and oxygen atoms in total. The number of anilines is 1. The minimum Gasteiger partial charge on any atom is -0.325 e. The van der Waals surface area contributed by atoms with Gasteiger partial charge in [-0.25, -0.2) is 8.42 Å². The summed E-state index contributed by atoms with van der Waals surface area (Å²) in [6, 6.07) is 5.76. The molecule has 0 aromatic heterocycles. The maximum atomic E-state index is 12.1. The highest BCUT2D eigenvalue weighted by atomic mass is 32.2. The van der Waals surface area contributed by atoms with Crippen LogP contribution in [0.3, 0.4) is 0 Å². The van der Waals surface area contributed by atoms with Gasteiger partial charge < -0.3 is 5.32 Å². The summed E-state index contributed by atoms with van der Waals surface area (Å²) < 4.78 is 24.7. The highest BCUT2D eigenvalue weighted by molar-refractivity contribution is 7.88. The van der Waals surface area contributed by atoms with Gasteiger partial charge in [-0.05, 0) is 37.0 Å². The zero-order valence-corrected chi connectivity index (χ0v) is 14.1. The molecule has 118 valence electrons. The van der Waals surface area contributed by atoms with Gasteiger partial charge in [0.2, 0.25) is 15.9 Å². The Hall–Kier alpha value is -1.40. The van der Waals surface area contributed by atoms with Gasteiger partial charge in [0.05, 0.1) is 12.8 Å². The molecule has 0 heterocycles. The van der Waals surface area contributed by atoms with Crippen molar-refractivity contribution in [3.8, 4) is 0 Å². The third kappa shape index (κ3) is 5.85. The summed E-state index contributed by atoms with van der Waals surface area (Å²) in [5.41, 5.74) is 2.71. The summed E-state index contributed by atoms with van der Waals surface area (Å²) >= 11 is 0. The summed E-state index contributed by atoms with van der Waals surface area (Å²) in [7, 11) is -3.39. The second kappa shape index (κ2) is 7.04. The van der Waals surface area contributed by atoms with E-state index in [0.717, 1.165) is 23.1 Å². The number of benzene rings is 1. The van der Waals surface area contributed by atoms with Crippen LogP contribution in [0.1, 0.15) is 25.0 Å². The van der Waals surface area contributed by atoms with Crippen molar-refractivity contribution in [1.82, 2.24) is 4.31 Å². The van der Waals surface area contributed by atoms with Crippen LogP contribution in [0.5, 0.6) is 0 Å². The van der Waals surface area contributed by atoms with Crippen LogP contribution >= 0.6 is 0 Å². The minimum atomic E-state index is -3.39. The van der Waals surface area contributed by atoms with Crippen molar-refractivity contribution in [2.75, 3.05) is 24.7 Å². The Kier molecular flexibility index (Phi) is 5.92. The number of sulfonamides is 1. The van der Waals surface area contributed by atoms with Crippen LogP contribution < -0.4 is 5.32 Å². The number of aryl methyl sites for hydroxylation is 2. The minimum absolute atomic E-state index is 0.160. The van der Waals surface area contributed by atoms with Crippen molar-refractivity contribution in [2.45, 2.75) is 27.7 Å². The van der Waals surface area contributed by atoms with E-state index in [1.807, 2.05) is 45.9 Å². The fourth-order valence-electron chi connectivity index (χ4n) is 1.94. The number of nitrogens with one attached hydrogen (secondary N) is 1. The average molecular weight is 312 g/mol. The topological polar surface area (TPSA) is 66.5 Å². The molecule has 0 fully saturated rings. The van der Waals surface area contributed by atoms with Crippen LogP contribution in [0.2, 0.25) is 0 Å². The van der Waals surface area contributed by atoms with Crippen LogP contribution in [0, 0.1) is 19.8 Å². The lowest BCUT2D eigenvalue weighted by molar-refractivity contribution is -0.116. The van der Waals surface area contributed by atoms with Gasteiger partial charge in [0.15, 0.2) is 0 Å². The Morgan fingerprint density at radius 2 is 1.90 bits per heavy atom. The molecule has 0 atom stereocenters. The van der Waals surface area contributed by atoms with Gasteiger partial charge in [0, 0.05) is 12.2 Å². The number of amides is 1. The molecular weight excluding hydrogens is 288 g/mol. The summed E-state index contributed by atoms with van der Waals surface area (Å²) in [6.45, 7) is 7.85. The predicted octanol–water partition coefficient (Wildman–Crippen LogP) is 2.16. The predicted molar refractivity (Wildman–Crippen MR) is 85.8 cm³/mol. The molecule has 0 aliphatic heterocycles. The van der Waals surface area contributed by atoms with Crippen LogP contribution in [-0.4, -0.2) is 38.0 Å². The van der Waals surface area contributed by atoms with Crippen molar-refractivity contribution in [3.05, 3.63) is 29.3 Å². The zero-order valence-electron chi connectivity index (χ0n) is 13.3. The standard InChI is InChI=1S/C15H24N2O3S/c1-11(2)9-17(21(5,19)20)10-15(18)16-14-8-12(3)6-7-13(14)4/h6-8,11H,9-10H2,1-5H3,(H,16,18). The fraction of sp³-hybridized carbons (Fsp3) is 0.533. The molecule has 1 rings (SSSR count). The first-order valence-electron chi connectivity index (χ1n) is 6.92. The molecule has 1 aromatic rings. The number of rotatable bonds is 6. The normalized spacial score (nSPS) is 12.0. The lowest BCUT2D eigenvalue weighted by atomic mass is 10.1. The van der Waals surface area contributed by atoms with E-state index >= 15 is 0 Å². The van der Waals surface area contributed by atoms with E-state index in [0.29, 0.717) is 6.54 Å². The summed E-state index contributed by atoms with van der Waals surface area (Å²) in [5, 5.41) is 2.78. The van der Waals surface area contributed by atoms with Gasteiger partial charge in [-0.2, -0.15) is 4.31 Å². The molecular formula is C15H24N2O3S. The van der Waals surface area contributed by atoms with Gasteiger partial charge in [0.25, 0.3) is 0 Å². The highest BCUT2D eigenvalue weighted by Gasteiger charge is 2.21. The molecule has 6 heteroatoms. The Bertz CT molecular complexity index is 609. The Morgan fingerprint density at radius 1 is 1.29 bits per heavy atom. The molecule has 0 saturated carbocycles. The molecule has 0 radical (unpaired) electrons.